The molecule has 6 rings (SSSR count). The van der Waals surface area contributed by atoms with Gasteiger partial charge in [-0.05, 0) is 38.3 Å². The largest absolute Gasteiger partial charge is 0.381 e. The maximum atomic E-state index is 15.4. The van der Waals surface area contributed by atoms with Crippen LogP contribution in [0.3, 0.4) is 0 Å². The highest BCUT2D eigenvalue weighted by Gasteiger charge is 2.27. The standard InChI is InChI=1S/C29H33F3N6O4/c1-17(41-12-9-37-8-5-20(16-37)42-28(31)32)24-4-3-18(15-33-24)21-13-22-25(14-23(21)30)34-35-27-26(22)38(29(39)36(27)2)19-6-10-40-11-7-19/h3-4,13-15,17,19-20,28H,5-12,16H2,1-2H3/t17-,20-/m1/s1. The van der Waals surface area contributed by atoms with Crippen molar-refractivity contribution in [3.05, 3.63) is 52.5 Å². The second-order valence-corrected chi connectivity index (χ2v) is 10.9. The zero-order valence-corrected chi connectivity index (χ0v) is 23.5. The molecule has 0 unspecified atom stereocenters. The van der Waals surface area contributed by atoms with Crippen LogP contribution in [-0.2, 0) is 21.3 Å². The first-order chi connectivity index (χ1) is 20.3. The summed E-state index contributed by atoms with van der Waals surface area (Å²) >= 11 is 0. The monoisotopic (exact) mass is 586 g/mol. The fraction of sp³-hybridized carbons (Fsp3) is 0.517. The van der Waals surface area contributed by atoms with Gasteiger partial charge in [0.05, 0.1) is 30.0 Å². The summed E-state index contributed by atoms with van der Waals surface area (Å²) in [6, 6.07) is 6.61. The van der Waals surface area contributed by atoms with Crippen molar-refractivity contribution >= 4 is 22.1 Å². The Kier molecular flexibility index (Phi) is 8.26. The van der Waals surface area contributed by atoms with Gasteiger partial charge in [0.2, 0.25) is 0 Å². The number of fused-ring (bicyclic) bond motifs is 3. The van der Waals surface area contributed by atoms with Crippen LogP contribution in [-0.4, -0.2) is 81.4 Å². The Labute approximate surface area is 240 Å². The summed E-state index contributed by atoms with van der Waals surface area (Å²) in [6.07, 6.45) is 2.82. The smallest absolute Gasteiger partial charge is 0.345 e. The molecule has 224 valence electrons. The third-order valence-electron chi connectivity index (χ3n) is 8.23. The Balaban J connectivity index is 1.21. The van der Waals surface area contributed by atoms with E-state index in [0.717, 1.165) is 0 Å². The summed E-state index contributed by atoms with van der Waals surface area (Å²) in [5.74, 6) is -0.467. The fourth-order valence-corrected chi connectivity index (χ4v) is 5.92. The second kappa shape index (κ2) is 12.1. The van der Waals surface area contributed by atoms with Crippen LogP contribution in [0.1, 0.15) is 44.0 Å². The normalized spacial score (nSPS) is 19.4. The topological polar surface area (TPSA) is 96.5 Å². The van der Waals surface area contributed by atoms with Crippen LogP contribution >= 0.6 is 0 Å². The first-order valence-corrected chi connectivity index (χ1v) is 14.2. The molecule has 4 aromatic rings. The van der Waals surface area contributed by atoms with Gasteiger partial charge in [-0.25, -0.2) is 9.18 Å². The van der Waals surface area contributed by atoms with E-state index in [1.165, 1.54) is 10.6 Å². The minimum atomic E-state index is -2.75. The molecule has 10 nitrogen and oxygen atoms in total. The van der Waals surface area contributed by atoms with Gasteiger partial charge in [-0.3, -0.25) is 19.0 Å². The number of rotatable bonds is 9. The van der Waals surface area contributed by atoms with E-state index in [9.17, 15) is 13.6 Å². The Bertz CT molecular complexity index is 1620. The lowest BCUT2D eigenvalue weighted by Crippen LogP contribution is -2.29. The minimum Gasteiger partial charge on any atom is -0.381 e. The molecular formula is C29H33F3N6O4. The number of hydrogen-bond donors (Lipinski definition) is 0. The number of alkyl halides is 2. The molecule has 2 aliphatic heterocycles. The van der Waals surface area contributed by atoms with E-state index in [2.05, 4.69) is 19.9 Å². The van der Waals surface area contributed by atoms with Gasteiger partial charge in [0, 0.05) is 74.7 Å². The number of aromatic nitrogens is 5. The Morgan fingerprint density at radius 3 is 2.69 bits per heavy atom. The SMILES string of the molecule is C[C@@H](OCCN1CC[C@@H](OC(F)F)C1)c1ccc(-c2cc3c(cc2F)nnc2c3n(C3CCOCC3)c(=O)n2C)cn1. The van der Waals surface area contributed by atoms with Gasteiger partial charge < -0.3 is 14.2 Å². The fourth-order valence-electron chi connectivity index (χ4n) is 5.92. The summed E-state index contributed by atoms with van der Waals surface area (Å²) in [7, 11) is 1.67. The Hall–Kier alpha value is -3.39. The number of benzene rings is 1. The minimum absolute atomic E-state index is 0.0452. The summed E-state index contributed by atoms with van der Waals surface area (Å²) < 4.78 is 59.5. The average Bonchev–Trinajstić information content (AvgIpc) is 3.53. The third kappa shape index (κ3) is 5.65. The zero-order chi connectivity index (χ0) is 29.4. The van der Waals surface area contributed by atoms with Crippen LogP contribution in [0, 0.1) is 5.82 Å². The number of likely N-dealkylation sites (tertiary alicyclic amines) is 1. The molecule has 2 aliphatic rings. The molecule has 0 N–H and O–H groups in total. The summed E-state index contributed by atoms with van der Waals surface area (Å²) in [5.41, 5.74) is 2.87. The van der Waals surface area contributed by atoms with Gasteiger partial charge in [-0.2, -0.15) is 8.78 Å². The van der Waals surface area contributed by atoms with Crippen molar-refractivity contribution in [1.29, 1.82) is 0 Å². The van der Waals surface area contributed by atoms with Crippen LogP contribution in [0.5, 0.6) is 0 Å². The maximum absolute atomic E-state index is 15.4. The van der Waals surface area contributed by atoms with Crippen molar-refractivity contribution in [2.75, 3.05) is 39.5 Å². The van der Waals surface area contributed by atoms with Crippen molar-refractivity contribution < 1.29 is 27.4 Å². The molecule has 2 saturated heterocycles. The lowest BCUT2D eigenvalue weighted by molar-refractivity contribution is -0.158. The van der Waals surface area contributed by atoms with Crippen LogP contribution in [0.2, 0.25) is 0 Å². The predicted molar refractivity (Wildman–Crippen MR) is 149 cm³/mol. The number of nitrogens with zero attached hydrogens (tertiary/aromatic N) is 6. The molecule has 0 spiro atoms. The van der Waals surface area contributed by atoms with E-state index in [-0.39, 0.29) is 17.8 Å². The first-order valence-electron chi connectivity index (χ1n) is 14.2. The highest BCUT2D eigenvalue weighted by atomic mass is 19.3. The molecule has 0 radical (unpaired) electrons. The summed E-state index contributed by atoms with van der Waals surface area (Å²) in [4.78, 5) is 19.8. The quantitative estimate of drug-likeness (QED) is 0.288. The van der Waals surface area contributed by atoms with Gasteiger partial charge in [0.1, 0.15) is 11.3 Å². The molecule has 2 fully saturated rings. The molecule has 5 heterocycles. The van der Waals surface area contributed by atoms with Crippen molar-refractivity contribution in [1.82, 2.24) is 29.2 Å². The number of pyridine rings is 1. The maximum Gasteiger partial charge on any atom is 0.345 e. The number of hydrogen-bond acceptors (Lipinski definition) is 8. The summed E-state index contributed by atoms with van der Waals surface area (Å²) in [5, 5.41) is 9.11. The highest BCUT2D eigenvalue weighted by molar-refractivity contribution is 6.02. The summed E-state index contributed by atoms with van der Waals surface area (Å²) in [6.45, 7) is 2.42. The molecule has 0 saturated carbocycles. The molecule has 0 amide bonds. The number of ether oxygens (including phenoxy) is 3. The van der Waals surface area contributed by atoms with E-state index in [0.29, 0.717) is 97.6 Å². The number of aryl methyl sites for hydroxylation is 1. The number of imidazole rings is 1. The predicted octanol–water partition coefficient (Wildman–Crippen LogP) is 4.23. The van der Waals surface area contributed by atoms with Crippen molar-refractivity contribution in [2.45, 2.75) is 51.0 Å². The average molecular weight is 587 g/mol. The molecule has 0 aliphatic carbocycles. The Morgan fingerprint density at radius 1 is 1.14 bits per heavy atom. The van der Waals surface area contributed by atoms with Gasteiger partial charge in [-0.15, -0.1) is 10.2 Å². The van der Waals surface area contributed by atoms with E-state index >= 15 is 4.39 Å². The van der Waals surface area contributed by atoms with Crippen LogP contribution in [0.25, 0.3) is 33.2 Å². The van der Waals surface area contributed by atoms with Crippen molar-refractivity contribution in [3.8, 4) is 11.1 Å². The van der Waals surface area contributed by atoms with E-state index in [1.807, 2.05) is 11.8 Å². The van der Waals surface area contributed by atoms with Crippen LogP contribution in [0.15, 0.2) is 35.3 Å². The molecule has 42 heavy (non-hydrogen) atoms. The van der Waals surface area contributed by atoms with Crippen LogP contribution < -0.4 is 5.69 Å². The second-order valence-electron chi connectivity index (χ2n) is 10.9. The molecular weight excluding hydrogens is 553 g/mol. The molecule has 2 atom stereocenters. The van der Waals surface area contributed by atoms with Crippen molar-refractivity contribution in [3.63, 3.8) is 0 Å². The van der Waals surface area contributed by atoms with Gasteiger partial charge in [0.25, 0.3) is 0 Å². The van der Waals surface area contributed by atoms with Crippen molar-refractivity contribution in [2.24, 2.45) is 7.05 Å². The van der Waals surface area contributed by atoms with E-state index < -0.39 is 18.5 Å². The lowest BCUT2D eigenvalue weighted by atomic mass is 10.0. The van der Waals surface area contributed by atoms with E-state index in [1.54, 1.807) is 36.0 Å². The zero-order valence-electron chi connectivity index (χ0n) is 23.5. The van der Waals surface area contributed by atoms with Gasteiger partial charge in [0.15, 0.2) is 5.65 Å². The molecule has 13 heteroatoms. The Morgan fingerprint density at radius 2 is 1.95 bits per heavy atom. The third-order valence-corrected chi connectivity index (χ3v) is 8.23. The van der Waals surface area contributed by atoms with Gasteiger partial charge in [-0.1, -0.05) is 6.07 Å². The molecule has 1 aromatic carbocycles. The number of halogens is 3. The molecule has 3 aromatic heterocycles. The molecule has 0 bridgehead atoms. The first kappa shape index (κ1) is 28.7. The van der Waals surface area contributed by atoms with E-state index in [4.69, 9.17) is 9.47 Å². The lowest BCUT2D eigenvalue weighted by Gasteiger charge is -2.23. The highest BCUT2D eigenvalue weighted by Crippen LogP contribution is 2.33. The van der Waals surface area contributed by atoms with Gasteiger partial charge >= 0.3 is 12.3 Å². The van der Waals surface area contributed by atoms with Crippen LogP contribution in [0.4, 0.5) is 13.2 Å².